The van der Waals surface area contributed by atoms with Crippen molar-refractivity contribution in [3.63, 3.8) is 0 Å². The third-order valence-corrected chi connectivity index (χ3v) is 3.01. The van der Waals surface area contributed by atoms with Crippen LogP contribution in [-0.4, -0.2) is 21.0 Å². The number of pyridine rings is 1. The van der Waals surface area contributed by atoms with Gasteiger partial charge in [0.25, 0.3) is 5.91 Å². The standard InChI is InChI=1S/C11H7N3OS/c15-10-9(6-8-2-1-3-12-7-8)14-4-5-16-11(14)13-10/h1-7H/b9-6+. The molecule has 2 aliphatic rings. The van der Waals surface area contributed by atoms with E-state index < -0.39 is 0 Å². The average Bonchev–Trinajstić information content (AvgIpc) is 2.84. The van der Waals surface area contributed by atoms with Crippen LogP contribution in [0.4, 0.5) is 0 Å². The minimum atomic E-state index is -0.198. The largest absolute Gasteiger partial charge is 0.296 e. The summed E-state index contributed by atoms with van der Waals surface area (Å²) in [6.45, 7) is 0. The highest BCUT2D eigenvalue weighted by Gasteiger charge is 2.30. The molecule has 0 saturated carbocycles. The lowest BCUT2D eigenvalue weighted by molar-refractivity contribution is -0.114. The summed E-state index contributed by atoms with van der Waals surface area (Å²) >= 11 is 1.45. The lowest BCUT2D eigenvalue weighted by Gasteiger charge is -2.09. The van der Waals surface area contributed by atoms with Crippen LogP contribution in [0.25, 0.3) is 6.08 Å². The smallest absolute Gasteiger partial charge is 0.290 e. The van der Waals surface area contributed by atoms with E-state index >= 15 is 0 Å². The molecule has 0 radical (unpaired) electrons. The van der Waals surface area contributed by atoms with Crippen LogP contribution >= 0.6 is 11.8 Å². The fraction of sp³-hybridized carbons (Fsp3) is 0. The maximum absolute atomic E-state index is 11.6. The number of amides is 1. The summed E-state index contributed by atoms with van der Waals surface area (Å²) in [7, 11) is 0. The van der Waals surface area contributed by atoms with Crippen LogP contribution in [0.15, 0.2) is 46.8 Å². The topological polar surface area (TPSA) is 45.6 Å². The summed E-state index contributed by atoms with van der Waals surface area (Å²) in [5.41, 5.74) is 1.47. The highest BCUT2D eigenvalue weighted by atomic mass is 32.2. The van der Waals surface area contributed by atoms with Gasteiger partial charge in [0.2, 0.25) is 0 Å². The summed E-state index contributed by atoms with van der Waals surface area (Å²) in [6.07, 6.45) is 7.05. The fourth-order valence-electron chi connectivity index (χ4n) is 1.53. The van der Waals surface area contributed by atoms with Crippen molar-refractivity contribution in [1.82, 2.24) is 9.88 Å². The number of amidine groups is 1. The minimum Gasteiger partial charge on any atom is -0.290 e. The lowest BCUT2D eigenvalue weighted by atomic mass is 10.2. The summed E-state index contributed by atoms with van der Waals surface area (Å²) in [5.74, 6) is -0.198. The molecule has 0 spiro atoms. The molecule has 1 aromatic heterocycles. The van der Waals surface area contributed by atoms with E-state index in [4.69, 9.17) is 0 Å². The molecule has 0 saturated heterocycles. The van der Waals surface area contributed by atoms with E-state index in [2.05, 4.69) is 9.98 Å². The van der Waals surface area contributed by atoms with Crippen molar-refractivity contribution in [3.8, 4) is 0 Å². The molecule has 0 unspecified atom stereocenters. The molecule has 0 fully saturated rings. The molecule has 0 bridgehead atoms. The van der Waals surface area contributed by atoms with E-state index in [0.29, 0.717) is 5.70 Å². The van der Waals surface area contributed by atoms with Crippen molar-refractivity contribution in [3.05, 3.63) is 47.4 Å². The van der Waals surface area contributed by atoms with Crippen molar-refractivity contribution in [2.45, 2.75) is 0 Å². The Morgan fingerprint density at radius 2 is 2.38 bits per heavy atom. The van der Waals surface area contributed by atoms with Crippen molar-refractivity contribution in [1.29, 1.82) is 0 Å². The van der Waals surface area contributed by atoms with Crippen LogP contribution < -0.4 is 0 Å². The van der Waals surface area contributed by atoms with Gasteiger partial charge in [-0.3, -0.25) is 14.7 Å². The molecule has 3 heterocycles. The van der Waals surface area contributed by atoms with Crippen molar-refractivity contribution in [2.24, 2.45) is 4.99 Å². The number of aromatic nitrogens is 1. The van der Waals surface area contributed by atoms with Gasteiger partial charge in [0.05, 0.1) is 0 Å². The number of fused-ring (bicyclic) bond motifs is 1. The molecular formula is C11H7N3OS. The van der Waals surface area contributed by atoms with Gasteiger partial charge >= 0.3 is 0 Å². The Morgan fingerprint density at radius 1 is 1.44 bits per heavy atom. The molecular weight excluding hydrogens is 222 g/mol. The average molecular weight is 229 g/mol. The zero-order valence-electron chi connectivity index (χ0n) is 8.20. The van der Waals surface area contributed by atoms with Crippen molar-refractivity contribution in [2.75, 3.05) is 0 Å². The Balaban J connectivity index is 1.99. The number of carbonyl (C=O) groups excluding carboxylic acids is 1. The van der Waals surface area contributed by atoms with Crippen LogP contribution in [0.5, 0.6) is 0 Å². The van der Waals surface area contributed by atoms with Crippen LogP contribution in [0.3, 0.4) is 0 Å². The number of hydrogen-bond acceptors (Lipinski definition) is 4. The van der Waals surface area contributed by atoms with Gasteiger partial charge in [0.1, 0.15) is 5.70 Å². The van der Waals surface area contributed by atoms with Crippen molar-refractivity contribution < 1.29 is 4.79 Å². The minimum absolute atomic E-state index is 0.198. The molecule has 1 aromatic rings. The van der Waals surface area contributed by atoms with Crippen LogP contribution in [0.2, 0.25) is 0 Å². The Labute approximate surface area is 96.4 Å². The highest BCUT2D eigenvalue weighted by molar-refractivity contribution is 8.16. The van der Waals surface area contributed by atoms with Gasteiger partial charge in [-0.2, -0.15) is 4.99 Å². The van der Waals surface area contributed by atoms with Crippen molar-refractivity contribution >= 4 is 28.9 Å². The number of thioether (sulfide) groups is 1. The molecule has 0 atom stereocenters. The third kappa shape index (κ3) is 1.45. The Kier molecular flexibility index (Phi) is 2.11. The van der Waals surface area contributed by atoms with E-state index in [9.17, 15) is 4.79 Å². The monoisotopic (exact) mass is 229 g/mol. The SMILES string of the molecule is O=C1N=C2SC=CN2/C1=C/c1cccnc1. The van der Waals surface area contributed by atoms with E-state index in [1.807, 2.05) is 23.7 Å². The molecule has 0 aromatic carbocycles. The first-order chi connectivity index (χ1) is 7.84. The molecule has 78 valence electrons. The second kappa shape index (κ2) is 3.61. The number of aliphatic imine (C=N–C) groups is 1. The van der Waals surface area contributed by atoms with Crippen LogP contribution in [0.1, 0.15) is 5.56 Å². The maximum Gasteiger partial charge on any atom is 0.296 e. The van der Waals surface area contributed by atoms with E-state index in [1.165, 1.54) is 11.8 Å². The molecule has 4 nitrogen and oxygen atoms in total. The quantitative estimate of drug-likeness (QED) is 0.689. The lowest BCUT2D eigenvalue weighted by Crippen LogP contribution is -2.14. The Morgan fingerprint density at radius 3 is 3.19 bits per heavy atom. The molecule has 3 rings (SSSR count). The van der Waals surface area contributed by atoms with Crippen LogP contribution in [0, 0.1) is 0 Å². The predicted octanol–water partition coefficient (Wildman–Crippen LogP) is 1.84. The summed E-state index contributed by atoms with van der Waals surface area (Å²) in [4.78, 5) is 21.4. The predicted molar refractivity (Wildman–Crippen MR) is 63.2 cm³/mol. The van der Waals surface area contributed by atoms with Gasteiger partial charge in [0, 0.05) is 18.6 Å². The zero-order chi connectivity index (χ0) is 11.0. The first-order valence-corrected chi connectivity index (χ1v) is 5.60. The first kappa shape index (κ1) is 9.35. The number of hydrogen-bond donors (Lipinski definition) is 0. The molecule has 0 N–H and O–H groups in total. The first-order valence-electron chi connectivity index (χ1n) is 4.72. The van der Waals surface area contributed by atoms with E-state index in [-0.39, 0.29) is 5.91 Å². The Bertz CT molecular complexity index is 533. The number of rotatable bonds is 1. The molecule has 0 aliphatic carbocycles. The van der Waals surface area contributed by atoms with Gasteiger partial charge in [-0.15, -0.1) is 0 Å². The highest BCUT2D eigenvalue weighted by Crippen LogP contribution is 2.30. The van der Waals surface area contributed by atoms with Gasteiger partial charge in [-0.1, -0.05) is 17.8 Å². The van der Waals surface area contributed by atoms with E-state index in [0.717, 1.165) is 10.7 Å². The third-order valence-electron chi connectivity index (χ3n) is 2.25. The number of carbonyl (C=O) groups is 1. The summed E-state index contributed by atoms with van der Waals surface area (Å²) in [6, 6.07) is 3.74. The Hall–Kier alpha value is -1.88. The second-order valence-corrected chi connectivity index (χ2v) is 4.16. The van der Waals surface area contributed by atoms with Gasteiger partial charge < -0.3 is 0 Å². The van der Waals surface area contributed by atoms with Crippen LogP contribution in [-0.2, 0) is 4.79 Å². The summed E-state index contributed by atoms with van der Waals surface area (Å²) < 4.78 is 0. The second-order valence-electron chi connectivity index (χ2n) is 3.29. The summed E-state index contributed by atoms with van der Waals surface area (Å²) in [5, 5.41) is 2.63. The normalized spacial score (nSPS) is 20.5. The fourth-order valence-corrected chi connectivity index (χ4v) is 2.25. The molecule has 1 amide bonds. The molecule has 16 heavy (non-hydrogen) atoms. The molecule has 2 aliphatic heterocycles. The molecule has 5 heteroatoms. The van der Waals surface area contributed by atoms with Gasteiger partial charge in [-0.25, -0.2) is 0 Å². The zero-order valence-corrected chi connectivity index (χ0v) is 9.02. The number of nitrogens with zero attached hydrogens (tertiary/aromatic N) is 3. The van der Waals surface area contributed by atoms with E-state index in [1.54, 1.807) is 23.4 Å². The van der Waals surface area contributed by atoms with Gasteiger partial charge in [0.15, 0.2) is 5.17 Å². The van der Waals surface area contributed by atoms with Gasteiger partial charge in [-0.05, 0) is 23.1 Å². The maximum atomic E-state index is 11.6.